The number of pyridine rings is 1. The summed E-state index contributed by atoms with van der Waals surface area (Å²) in [6.07, 6.45) is 0. The maximum absolute atomic E-state index is 11.5. The van der Waals surface area contributed by atoms with E-state index in [0.717, 1.165) is 48.5 Å². The smallest absolute Gasteiger partial charge is 0.219 e. The van der Waals surface area contributed by atoms with Gasteiger partial charge in [0, 0.05) is 49.9 Å². The molecule has 5 nitrogen and oxygen atoms in total. The van der Waals surface area contributed by atoms with Crippen molar-refractivity contribution in [2.24, 2.45) is 0 Å². The number of anilines is 1. The molecule has 122 valence electrons. The van der Waals surface area contributed by atoms with Crippen LogP contribution in [0.4, 0.5) is 5.69 Å². The average Bonchev–Trinajstić information content (AvgIpc) is 2.55. The summed E-state index contributed by atoms with van der Waals surface area (Å²) in [5, 5.41) is 1.11. The number of carbonyl (C=O) groups excluding carboxylic acids is 1. The molecule has 0 saturated carbocycles. The highest BCUT2D eigenvalue weighted by Crippen LogP contribution is 2.30. The quantitative estimate of drug-likeness (QED) is 0.874. The zero-order valence-corrected chi connectivity index (χ0v) is 14.0. The second-order valence-corrected chi connectivity index (χ2v) is 5.89. The van der Waals surface area contributed by atoms with Crippen molar-refractivity contribution >= 4 is 22.5 Å². The Morgan fingerprint density at radius 3 is 2.61 bits per heavy atom. The molecule has 0 N–H and O–H groups in total. The third-order valence-corrected chi connectivity index (χ3v) is 4.26. The SMILES string of the molecule is CCOc1ccc2nc(C)cc(N3CCN(C(C)=O)CC3)c2c1. The number of piperazine rings is 1. The van der Waals surface area contributed by atoms with E-state index in [1.165, 1.54) is 5.69 Å². The normalized spacial score (nSPS) is 15.1. The first-order chi connectivity index (χ1) is 11.1. The molecule has 0 bridgehead atoms. The fourth-order valence-corrected chi connectivity index (χ4v) is 3.10. The van der Waals surface area contributed by atoms with Crippen LogP contribution in [0.5, 0.6) is 5.75 Å². The molecule has 1 amide bonds. The Kier molecular flexibility index (Phi) is 4.37. The Balaban J connectivity index is 1.96. The molecule has 1 saturated heterocycles. The van der Waals surface area contributed by atoms with Crippen molar-refractivity contribution in [1.82, 2.24) is 9.88 Å². The predicted octanol–water partition coefficient (Wildman–Crippen LogP) is 2.61. The maximum Gasteiger partial charge on any atom is 0.219 e. The van der Waals surface area contributed by atoms with Gasteiger partial charge in [0.1, 0.15) is 5.75 Å². The molecule has 1 aliphatic heterocycles. The number of aromatic nitrogens is 1. The van der Waals surface area contributed by atoms with Crippen LogP contribution in [0.1, 0.15) is 19.5 Å². The highest BCUT2D eigenvalue weighted by atomic mass is 16.5. The van der Waals surface area contributed by atoms with E-state index in [0.29, 0.717) is 6.61 Å². The van der Waals surface area contributed by atoms with Crippen LogP contribution in [-0.2, 0) is 4.79 Å². The molecule has 2 aromatic rings. The number of aryl methyl sites for hydroxylation is 1. The molecule has 0 unspecified atom stereocenters. The molecular formula is C18H23N3O2. The van der Waals surface area contributed by atoms with E-state index in [1.54, 1.807) is 6.92 Å². The third-order valence-electron chi connectivity index (χ3n) is 4.26. The average molecular weight is 313 g/mol. The molecule has 1 aromatic carbocycles. The Morgan fingerprint density at radius 1 is 1.22 bits per heavy atom. The van der Waals surface area contributed by atoms with Crippen molar-refractivity contribution in [3.63, 3.8) is 0 Å². The zero-order valence-electron chi connectivity index (χ0n) is 14.0. The first kappa shape index (κ1) is 15.6. The van der Waals surface area contributed by atoms with Gasteiger partial charge in [-0.05, 0) is 38.1 Å². The maximum atomic E-state index is 11.5. The number of hydrogen-bond acceptors (Lipinski definition) is 4. The minimum absolute atomic E-state index is 0.152. The summed E-state index contributed by atoms with van der Waals surface area (Å²) in [6, 6.07) is 8.18. The van der Waals surface area contributed by atoms with E-state index < -0.39 is 0 Å². The standard InChI is InChI=1S/C18H23N3O2/c1-4-23-15-5-6-17-16(12-15)18(11-13(2)19-17)21-9-7-20(8-10-21)14(3)22/h5-6,11-12H,4,7-10H2,1-3H3. The van der Waals surface area contributed by atoms with Gasteiger partial charge in [-0.1, -0.05) is 0 Å². The van der Waals surface area contributed by atoms with Crippen molar-refractivity contribution in [3.05, 3.63) is 30.0 Å². The summed E-state index contributed by atoms with van der Waals surface area (Å²) in [6.45, 7) is 9.51. The monoisotopic (exact) mass is 313 g/mol. The van der Waals surface area contributed by atoms with E-state index >= 15 is 0 Å². The van der Waals surface area contributed by atoms with Crippen molar-refractivity contribution in [3.8, 4) is 5.75 Å². The highest BCUT2D eigenvalue weighted by molar-refractivity contribution is 5.93. The minimum Gasteiger partial charge on any atom is -0.494 e. The van der Waals surface area contributed by atoms with Crippen LogP contribution in [0.25, 0.3) is 10.9 Å². The second kappa shape index (κ2) is 6.44. The Labute approximate surface area is 136 Å². The van der Waals surface area contributed by atoms with E-state index in [4.69, 9.17) is 4.74 Å². The minimum atomic E-state index is 0.152. The van der Waals surface area contributed by atoms with E-state index in [-0.39, 0.29) is 5.91 Å². The number of amides is 1. The summed E-state index contributed by atoms with van der Waals surface area (Å²) >= 11 is 0. The van der Waals surface area contributed by atoms with Gasteiger partial charge >= 0.3 is 0 Å². The number of carbonyl (C=O) groups is 1. The number of ether oxygens (including phenoxy) is 1. The number of rotatable bonds is 3. The Bertz CT molecular complexity index is 722. The van der Waals surface area contributed by atoms with Crippen LogP contribution in [0, 0.1) is 6.92 Å². The molecule has 1 fully saturated rings. The molecule has 1 aromatic heterocycles. The van der Waals surface area contributed by atoms with Crippen molar-refractivity contribution in [2.75, 3.05) is 37.7 Å². The van der Waals surface area contributed by atoms with Gasteiger partial charge in [-0.3, -0.25) is 9.78 Å². The van der Waals surface area contributed by atoms with Gasteiger partial charge in [-0.2, -0.15) is 0 Å². The highest BCUT2D eigenvalue weighted by Gasteiger charge is 2.20. The van der Waals surface area contributed by atoms with Gasteiger partial charge in [0.2, 0.25) is 5.91 Å². The Hall–Kier alpha value is -2.30. The van der Waals surface area contributed by atoms with Crippen LogP contribution in [0.3, 0.4) is 0 Å². The van der Waals surface area contributed by atoms with E-state index in [2.05, 4.69) is 22.0 Å². The van der Waals surface area contributed by atoms with E-state index in [9.17, 15) is 4.79 Å². The lowest BCUT2D eigenvalue weighted by atomic mass is 10.1. The lowest BCUT2D eigenvalue weighted by molar-refractivity contribution is -0.129. The number of benzene rings is 1. The van der Waals surface area contributed by atoms with Gasteiger partial charge in [0.05, 0.1) is 12.1 Å². The lowest BCUT2D eigenvalue weighted by Crippen LogP contribution is -2.48. The van der Waals surface area contributed by atoms with Crippen LogP contribution >= 0.6 is 0 Å². The summed E-state index contributed by atoms with van der Waals surface area (Å²) in [4.78, 5) is 20.4. The largest absolute Gasteiger partial charge is 0.494 e. The third kappa shape index (κ3) is 3.23. The first-order valence-electron chi connectivity index (χ1n) is 8.13. The van der Waals surface area contributed by atoms with Crippen molar-refractivity contribution < 1.29 is 9.53 Å². The predicted molar refractivity (Wildman–Crippen MR) is 92.1 cm³/mol. The van der Waals surface area contributed by atoms with E-state index in [1.807, 2.05) is 30.9 Å². The van der Waals surface area contributed by atoms with Crippen molar-refractivity contribution in [1.29, 1.82) is 0 Å². The molecule has 2 heterocycles. The van der Waals surface area contributed by atoms with Crippen LogP contribution in [0.2, 0.25) is 0 Å². The zero-order chi connectivity index (χ0) is 16.4. The number of nitrogens with zero attached hydrogens (tertiary/aromatic N) is 3. The topological polar surface area (TPSA) is 45.7 Å². The number of fused-ring (bicyclic) bond motifs is 1. The van der Waals surface area contributed by atoms with Gasteiger partial charge in [0.15, 0.2) is 0 Å². The van der Waals surface area contributed by atoms with Gasteiger partial charge in [-0.15, -0.1) is 0 Å². The summed E-state index contributed by atoms with van der Waals surface area (Å²) in [5.74, 6) is 1.02. The molecule has 3 rings (SSSR count). The molecule has 23 heavy (non-hydrogen) atoms. The van der Waals surface area contributed by atoms with Gasteiger partial charge < -0.3 is 14.5 Å². The van der Waals surface area contributed by atoms with Gasteiger partial charge in [-0.25, -0.2) is 0 Å². The van der Waals surface area contributed by atoms with Crippen LogP contribution in [-0.4, -0.2) is 48.6 Å². The fraction of sp³-hybridized carbons (Fsp3) is 0.444. The van der Waals surface area contributed by atoms with Crippen LogP contribution in [0.15, 0.2) is 24.3 Å². The van der Waals surface area contributed by atoms with Gasteiger partial charge in [0.25, 0.3) is 0 Å². The molecule has 5 heteroatoms. The second-order valence-electron chi connectivity index (χ2n) is 5.89. The first-order valence-corrected chi connectivity index (χ1v) is 8.13. The van der Waals surface area contributed by atoms with Crippen LogP contribution < -0.4 is 9.64 Å². The molecule has 0 atom stereocenters. The summed E-state index contributed by atoms with van der Waals surface area (Å²) in [5.41, 5.74) is 3.17. The number of hydrogen-bond donors (Lipinski definition) is 0. The lowest BCUT2D eigenvalue weighted by Gasteiger charge is -2.36. The summed E-state index contributed by atoms with van der Waals surface area (Å²) in [7, 11) is 0. The molecule has 0 aliphatic carbocycles. The fourth-order valence-electron chi connectivity index (χ4n) is 3.10. The molecule has 0 spiro atoms. The molecule has 0 radical (unpaired) electrons. The Morgan fingerprint density at radius 2 is 1.96 bits per heavy atom. The molecule has 1 aliphatic rings. The van der Waals surface area contributed by atoms with Crippen molar-refractivity contribution in [2.45, 2.75) is 20.8 Å². The molecular weight excluding hydrogens is 290 g/mol. The summed E-state index contributed by atoms with van der Waals surface area (Å²) < 4.78 is 5.64.